The van der Waals surface area contributed by atoms with Crippen molar-refractivity contribution < 1.29 is 23.5 Å². The summed E-state index contributed by atoms with van der Waals surface area (Å²) >= 11 is 0. The van der Waals surface area contributed by atoms with E-state index in [-0.39, 0.29) is 6.10 Å². The molecule has 0 bridgehead atoms. The maximum atomic E-state index is 11.9. The van der Waals surface area contributed by atoms with E-state index in [1.165, 1.54) is 11.2 Å². The summed E-state index contributed by atoms with van der Waals surface area (Å²) in [5.74, 6) is 0. The van der Waals surface area contributed by atoms with Crippen LogP contribution >= 0.6 is 0 Å². The maximum Gasteiger partial charge on any atom is 0.414 e. The van der Waals surface area contributed by atoms with E-state index in [1.54, 1.807) is 25.3 Å². The van der Waals surface area contributed by atoms with Gasteiger partial charge in [0.1, 0.15) is 24.2 Å². The summed E-state index contributed by atoms with van der Waals surface area (Å²) in [6, 6.07) is 5.08. The minimum atomic E-state index is -0.422. The van der Waals surface area contributed by atoms with Gasteiger partial charge in [0.2, 0.25) is 0 Å². The first-order chi connectivity index (χ1) is 9.72. The Bertz CT molecular complexity index is 663. The second kappa shape index (κ2) is 4.97. The van der Waals surface area contributed by atoms with Crippen LogP contribution in [-0.2, 0) is 9.47 Å². The molecule has 1 aliphatic rings. The minimum Gasteiger partial charge on any atom is -0.462 e. The molecule has 1 atom stereocenters. The summed E-state index contributed by atoms with van der Waals surface area (Å²) in [5.41, 5.74) is 1.73. The normalized spacial score (nSPS) is 18.6. The van der Waals surface area contributed by atoms with Crippen molar-refractivity contribution in [2.24, 2.45) is 0 Å². The largest absolute Gasteiger partial charge is 0.462 e. The molecule has 2 aromatic rings. The quantitative estimate of drug-likeness (QED) is 0.800. The number of cyclic esters (lactones) is 1. The SMILES string of the molecule is COC[C@H]1CN(c2coc3cc(C=O)ccc23)C(=O)O1. The van der Waals surface area contributed by atoms with Crippen LogP contribution in [0.3, 0.4) is 0 Å². The summed E-state index contributed by atoms with van der Waals surface area (Å²) in [5, 5.41) is 0.769. The predicted octanol–water partition coefficient (Wildman–Crippen LogP) is 2.22. The summed E-state index contributed by atoms with van der Waals surface area (Å²) in [7, 11) is 1.56. The van der Waals surface area contributed by atoms with Crippen molar-refractivity contribution in [2.45, 2.75) is 6.10 Å². The summed E-state index contributed by atoms with van der Waals surface area (Å²) in [6.45, 7) is 0.768. The van der Waals surface area contributed by atoms with Crippen molar-refractivity contribution in [3.63, 3.8) is 0 Å². The van der Waals surface area contributed by atoms with Gasteiger partial charge >= 0.3 is 6.09 Å². The van der Waals surface area contributed by atoms with E-state index in [4.69, 9.17) is 13.9 Å². The molecule has 1 amide bonds. The van der Waals surface area contributed by atoms with E-state index in [1.807, 2.05) is 0 Å². The Labute approximate surface area is 114 Å². The number of nitrogens with zero attached hydrogens (tertiary/aromatic N) is 1. The Balaban J connectivity index is 1.94. The van der Waals surface area contributed by atoms with Crippen LogP contribution in [0.2, 0.25) is 0 Å². The van der Waals surface area contributed by atoms with Gasteiger partial charge in [-0.25, -0.2) is 4.79 Å². The molecule has 3 rings (SSSR count). The molecule has 2 heterocycles. The van der Waals surface area contributed by atoms with Gasteiger partial charge in [-0.2, -0.15) is 0 Å². The van der Waals surface area contributed by atoms with Gasteiger partial charge in [0, 0.05) is 18.1 Å². The van der Waals surface area contributed by atoms with E-state index in [2.05, 4.69) is 0 Å². The number of methoxy groups -OCH3 is 1. The van der Waals surface area contributed by atoms with E-state index in [0.29, 0.717) is 30.0 Å². The molecule has 1 aromatic carbocycles. The Kier molecular flexibility index (Phi) is 3.15. The Morgan fingerprint density at radius 3 is 3.10 bits per heavy atom. The number of anilines is 1. The van der Waals surface area contributed by atoms with Gasteiger partial charge in [-0.15, -0.1) is 0 Å². The summed E-state index contributed by atoms with van der Waals surface area (Å²) in [4.78, 5) is 24.1. The van der Waals surface area contributed by atoms with Gasteiger partial charge in [-0.05, 0) is 12.1 Å². The Hall–Kier alpha value is -2.34. The smallest absolute Gasteiger partial charge is 0.414 e. The first-order valence-corrected chi connectivity index (χ1v) is 6.16. The third-order valence-electron chi connectivity index (χ3n) is 3.23. The zero-order valence-corrected chi connectivity index (χ0v) is 10.9. The molecule has 0 radical (unpaired) electrons. The number of benzene rings is 1. The van der Waals surface area contributed by atoms with E-state index in [9.17, 15) is 9.59 Å². The van der Waals surface area contributed by atoms with E-state index >= 15 is 0 Å². The molecule has 1 saturated heterocycles. The fourth-order valence-corrected chi connectivity index (χ4v) is 2.30. The highest BCUT2D eigenvalue weighted by molar-refractivity contribution is 6.02. The second-order valence-electron chi connectivity index (χ2n) is 4.57. The molecule has 0 aliphatic carbocycles. The van der Waals surface area contributed by atoms with Crippen molar-refractivity contribution in [2.75, 3.05) is 25.2 Å². The fraction of sp³-hybridized carbons (Fsp3) is 0.286. The van der Waals surface area contributed by atoms with Crippen LogP contribution in [0.1, 0.15) is 10.4 Å². The number of furan rings is 1. The Morgan fingerprint density at radius 2 is 2.35 bits per heavy atom. The first-order valence-electron chi connectivity index (χ1n) is 6.16. The molecule has 1 fully saturated rings. The number of carbonyl (C=O) groups is 2. The van der Waals surface area contributed by atoms with Gasteiger partial charge in [-0.1, -0.05) is 6.07 Å². The zero-order chi connectivity index (χ0) is 14.1. The van der Waals surface area contributed by atoms with Crippen molar-refractivity contribution in [1.29, 1.82) is 0 Å². The monoisotopic (exact) mass is 275 g/mol. The average molecular weight is 275 g/mol. The fourth-order valence-electron chi connectivity index (χ4n) is 2.30. The zero-order valence-electron chi connectivity index (χ0n) is 10.9. The summed E-state index contributed by atoms with van der Waals surface area (Å²) < 4.78 is 15.6. The number of amides is 1. The van der Waals surface area contributed by atoms with Crippen LogP contribution in [0.25, 0.3) is 11.0 Å². The molecule has 0 saturated carbocycles. The van der Waals surface area contributed by atoms with Gasteiger partial charge in [0.05, 0.1) is 18.8 Å². The highest BCUT2D eigenvalue weighted by atomic mass is 16.6. The highest BCUT2D eigenvalue weighted by Crippen LogP contribution is 2.32. The lowest BCUT2D eigenvalue weighted by molar-refractivity contribution is 0.0718. The molecular formula is C14H13NO5. The maximum absolute atomic E-state index is 11.9. The molecule has 1 aliphatic heterocycles. The lowest BCUT2D eigenvalue weighted by Gasteiger charge is -2.10. The topological polar surface area (TPSA) is 69.0 Å². The standard InChI is InChI=1S/C14H13NO5/c1-18-7-10-5-15(14(17)20-10)12-8-19-13-4-9(6-16)2-3-11(12)13/h2-4,6,8,10H,5,7H2,1H3/t10-/m1/s1. The van der Waals surface area contributed by atoms with Gasteiger partial charge in [0.15, 0.2) is 0 Å². The lowest BCUT2D eigenvalue weighted by atomic mass is 10.1. The predicted molar refractivity (Wildman–Crippen MR) is 71.1 cm³/mol. The number of fused-ring (bicyclic) bond motifs is 1. The van der Waals surface area contributed by atoms with E-state index in [0.717, 1.165) is 11.7 Å². The van der Waals surface area contributed by atoms with Crippen molar-refractivity contribution in [3.05, 3.63) is 30.0 Å². The number of hydrogen-bond acceptors (Lipinski definition) is 5. The molecule has 20 heavy (non-hydrogen) atoms. The third kappa shape index (κ3) is 2.04. The number of hydrogen-bond donors (Lipinski definition) is 0. The van der Waals surface area contributed by atoms with Gasteiger partial charge < -0.3 is 13.9 Å². The number of carbonyl (C=O) groups excluding carboxylic acids is 2. The van der Waals surface area contributed by atoms with Gasteiger partial charge in [0.25, 0.3) is 0 Å². The third-order valence-corrected chi connectivity index (χ3v) is 3.23. The molecule has 0 unspecified atom stereocenters. The number of ether oxygens (including phenoxy) is 2. The molecule has 6 nitrogen and oxygen atoms in total. The number of aldehydes is 1. The second-order valence-corrected chi connectivity index (χ2v) is 4.57. The van der Waals surface area contributed by atoms with Crippen LogP contribution in [0.15, 0.2) is 28.9 Å². The first kappa shape index (κ1) is 12.7. The number of rotatable bonds is 4. The molecular weight excluding hydrogens is 262 g/mol. The van der Waals surface area contributed by atoms with Crippen molar-refractivity contribution >= 4 is 29.0 Å². The van der Waals surface area contributed by atoms with Crippen molar-refractivity contribution in [1.82, 2.24) is 0 Å². The van der Waals surface area contributed by atoms with E-state index < -0.39 is 6.09 Å². The molecule has 6 heteroatoms. The van der Waals surface area contributed by atoms with Crippen molar-refractivity contribution in [3.8, 4) is 0 Å². The molecule has 0 N–H and O–H groups in total. The van der Waals surface area contributed by atoms with Gasteiger partial charge in [-0.3, -0.25) is 9.69 Å². The Morgan fingerprint density at radius 1 is 1.50 bits per heavy atom. The molecule has 1 aromatic heterocycles. The highest BCUT2D eigenvalue weighted by Gasteiger charge is 2.34. The molecule has 0 spiro atoms. The lowest BCUT2D eigenvalue weighted by Crippen LogP contribution is -2.25. The summed E-state index contributed by atoms with van der Waals surface area (Å²) in [6.07, 6.45) is 1.54. The van der Waals surface area contributed by atoms with Crippen LogP contribution in [0.5, 0.6) is 0 Å². The molecule has 104 valence electrons. The average Bonchev–Trinajstić information content (AvgIpc) is 3.01. The van der Waals surface area contributed by atoms with Crippen LogP contribution in [0.4, 0.5) is 10.5 Å². The van der Waals surface area contributed by atoms with Crippen LogP contribution < -0.4 is 4.90 Å². The van der Waals surface area contributed by atoms with Crippen LogP contribution in [-0.4, -0.2) is 38.7 Å². The minimum absolute atomic E-state index is 0.285. The van der Waals surface area contributed by atoms with Crippen LogP contribution in [0, 0.1) is 0 Å².